The van der Waals surface area contributed by atoms with E-state index in [1.165, 1.54) is 5.39 Å². The summed E-state index contributed by atoms with van der Waals surface area (Å²) >= 11 is 0. The van der Waals surface area contributed by atoms with Crippen molar-refractivity contribution in [2.24, 2.45) is 0 Å². The van der Waals surface area contributed by atoms with Gasteiger partial charge >= 0.3 is 0 Å². The summed E-state index contributed by atoms with van der Waals surface area (Å²) in [6.07, 6.45) is 13.1. The van der Waals surface area contributed by atoms with E-state index in [-0.39, 0.29) is 0 Å². The molecule has 5 heteroatoms. The highest BCUT2D eigenvalue weighted by atomic mass is 15.0. The van der Waals surface area contributed by atoms with Crippen LogP contribution in [0.2, 0.25) is 0 Å². The second-order valence-corrected chi connectivity index (χ2v) is 6.91. The van der Waals surface area contributed by atoms with Crippen molar-refractivity contribution >= 4 is 27.3 Å². The van der Waals surface area contributed by atoms with Crippen LogP contribution in [0.15, 0.2) is 91.9 Å². The molecule has 5 aromatic heterocycles. The van der Waals surface area contributed by atoms with Crippen LogP contribution in [0.1, 0.15) is 0 Å². The van der Waals surface area contributed by atoms with Gasteiger partial charge in [-0.25, -0.2) is 4.98 Å². The Kier molecular flexibility index (Phi) is 3.40. The van der Waals surface area contributed by atoms with Crippen LogP contribution in [0.25, 0.3) is 49.7 Å². The van der Waals surface area contributed by atoms with Crippen molar-refractivity contribution in [1.82, 2.24) is 24.3 Å². The Labute approximate surface area is 166 Å². The molecule has 0 radical (unpaired) electrons. The van der Waals surface area contributed by atoms with Crippen LogP contribution in [0.3, 0.4) is 0 Å². The van der Waals surface area contributed by atoms with Gasteiger partial charge in [0, 0.05) is 64.6 Å². The molecule has 6 aromatic rings. The maximum atomic E-state index is 4.68. The van der Waals surface area contributed by atoms with E-state index in [0.717, 1.165) is 44.3 Å². The van der Waals surface area contributed by atoms with Crippen molar-refractivity contribution in [3.05, 3.63) is 91.9 Å². The summed E-state index contributed by atoms with van der Waals surface area (Å²) in [6.45, 7) is 0. The van der Waals surface area contributed by atoms with Crippen molar-refractivity contribution < 1.29 is 0 Å². The molecule has 0 saturated carbocycles. The van der Waals surface area contributed by atoms with Gasteiger partial charge in [-0.3, -0.25) is 19.4 Å². The average Bonchev–Trinajstić information content (AvgIpc) is 3.28. The predicted octanol–water partition coefficient (Wildman–Crippen LogP) is 5.16. The number of hydrogen-bond acceptors (Lipinski definition) is 4. The quantitative estimate of drug-likeness (QED) is 0.421. The summed E-state index contributed by atoms with van der Waals surface area (Å²) in [5.74, 6) is 0. The zero-order chi connectivity index (χ0) is 19.2. The summed E-state index contributed by atoms with van der Waals surface area (Å²) in [5, 5.41) is 3.35. The van der Waals surface area contributed by atoms with Crippen molar-refractivity contribution in [3.63, 3.8) is 0 Å². The highest BCUT2D eigenvalue weighted by molar-refractivity contribution is 6.00. The fourth-order valence-electron chi connectivity index (χ4n) is 4.00. The fraction of sp³-hybridized carbons (Fsp3) is 0. The van der Waals surface area contributed by atoms with E-state index in [0.29, 0.717) is 0 Å². The molecule has 0 aliphatic carbocycles. The van der Waals surface area contributed by atoms with Gasteiger partial charge < -0.3 is 0 Å². The molecular formula is C24H15N5. The highest BCUT2D eigenvalue weighted by Crippen LogP contribution is 2.34. The lowest BCUT2D eigenvalue weighted by Crippen LogP contribution is -1.96. The van der Waals surface area contributed by atoms with Gasteiger partial charge in [-0.05, 0) is 29.7 Å². The number of rotatable bonds is 2. The van der Waals surface area contributed by atoms with Crippen LogP contribution in [0.5, 0.6) is 0 Å². The van der Waals surface area contributed by atoms with Gasteiger partial charge in [0.1, 0.15) is 5.65 Å². The largest absolute Gasteiger partial charge is 0.299 e. The third-order valence-electron chi connectivity index (χ3n) is 5.33. The van der Waals surface area contributed by atoms with E-state index in [9.17, 15) is 0 Å². The Bertz CT molecular complexity index is 1390. The highest BCUT2D eigenvalue weighted by Gasteiger charge is 2.14. The third-order valence-corrected chi connectivity index (χ3v) is 5.33. The van der Waals surface area contributed by atoms with Crippen LogP contribution < -0.4 is 0 Å². The number of nitrogens with zero attached hydrogens (tertiary/aromatic N) is 5. The summed E-state index contributed by atoms with van der Waals surface area (Å²) in [7, 11) is 0. The first kappa shape index (κ1) is 15.9. The average molecular weight is 373 g/mol. The van der Waals surface area contributed by atoms with E-state index < -0.39 is 0 Å². The number of fused-ring (bicyclic) bond motifs is 3. The molecule has 0 aliphatic rings. The van der Waals surface area contributed by atoms with E-state index in [2.05, 4.69) is 54.7 Å². The van der Waals surface area contributed by atoms with Crippen molar-refractivity contribution in [2.75, 3.05) is 0 Å². The molecule has 0 unspecified atom stereocenters. The number of imidazole rings is 1. The van der Waals surface area contributed by atoms with E-state index in [1.807, 2.05) is 49.2 Å². The Hall–Kier alpha value is -4.12. The van der Waals surface area contributed by atoms with Crippen LogP contribution in [-0.4, -0.2) is 24.3 Å². The molecule has 0 aliphatic heterocycles. The minimum Gasteiger partial charge on any atom is -0.299 e. The van der Waals surface area contributed by atoms with E-state index in [4.69, 9.17) is 0 Å². The fourth-order valence-corrected chi connectivity index (χ4v) is 4.00. The SMILES string of the molecule is c1ccc2c(-c3ccc(-c4ccnc5cnccc45)n4ccnc34)cncc2c1. The van der Waals surface area contributed by atoms with Crippen molar-refractivity contribution in [3.8, 4) is 22.4 Å². The Morgan fingerprint density at radius 3 is 2.59 bits per heavy atom. The number of benzene rings is 1. The Morgan fingerprint density at radius 1 is 0.621 bits per heavy atom. The summed E-state index contributed by atoms with van der Waals surface area (Å²) in [6, 6.07) is 16.6. The van der Waals surface area contributed by atoms with Gasteiger partial charge in [0.25, 0.3) is 0 Å². The van der Waals surface area contributed by atoms with Crippen molar-refractivity contribution in [2.45, 2.75) is 0 Å². The minimum absolute atomic E-state index is 0.876. The normalized spacial score (nSPS) is 11.4. The molecule has 0 N–H and O–H groups in total. The van der Waals surface area contributed by atoms with Gasteiger partial charge in [0.2, 0.25) is 0 Å². The van der Waals surface area contributed by atoms with Crippen LogP contribution in [0.4, 0.5) is 0 Å². The Balaban J connectivity index is 1.65. The van der Waals surface area contributed by atoms with Gasteiger partial charge in [-0.2, -0.15) is 0 Å². The van der Waals surface area contributed by atoms with Gasteiger partial charge in [-0.1, -0.05) is 24.3 Å². The van der Waals surface area contributed by atoms with Gasteiger partial charge in [0.05, 0.1) is 17.4 Å². The standard InChI is InChI=1S/C24H15N5/c1-2-4-17-16(3-1)13-26-14-21(17)20-5-6-23(29-12-11-28-24(20)29)19-8-10-27-22-15-25-9-7-18(19)22/h1-15H. The summed E-state index contributed by atoms with van der Waals surface area (Å²) < 4.78 is 2.13. The van der Waals surface area contributed by atoms with Gasteiger partial charge in [0.15, 0.2) is 0 Å². The lowest BCUT2D eigenvalue weighted by atomic mass is 10.00. The topological polar surface area (TPSA) is 56.0 Å². The van der Waals surface area contributed by atoms with Crippen LogP contribution in [0, 0.1) is 0 Å². The lowest BCUT2D eigenvalue weighted by Gasteiger charge is -2.13. The van der Waals surface area contributed by atoms with Crippen LogP contribution >= 0.6 is 0 Å². The molecule has 0 fully saturated rings. The lowest BCUT2D eigenvalue weighted by molar-refractivity contribution is 1.19. The second-order valence-electron chi connectivity index (χ2n) is 6.91. The summed E-state index contributed by atoms with van der Waals surface area (Å²) in [4.78, 5) is 17.8. The van der Waals surface area contributed by atoms with Crippen molar-refractivity contribution in [1.29, 1.82) is 0 Å². The first-order valence-corrected chi connectivity index (χ1v) is 9.38. The first-order valence-electron chi connectivity index (χ1n) is 9.38. The van der Waals surface area contributed by atoms with Gasteiger partial charge in [-0.15, -0.1) is 0 Å². The van der Waals surface area contributed by atoms with E-state index >= 15 is 0 Å². The molecule has 29 heavy (non-hydrogen) atoms. The maximum absolute atomic E-state index is 4.68. The summed E-state index contributed by atoms with van der Waals surface area (Å²) in [5.41, 5.74) is 6.08. The first-order chi connectivity index (χ1) is 14.4. The minimum atomic E-state index is 0.876. The molecule has 0 saturated heterocycles. The zero-order valence-electron chi connectivity index (χ0n) is 15.4. The molecule has 5 heterocycles. The Morgan fingerprint density at radius 2 is 1.59 bits per heavy atom. The van der Waals surface area contributed by atoms with Crippen LogP contribution in [-0.2, 0) is 0 Å². The molecule has 1 aromatic carbocycles. The molecule has 0 spiro atoms. The molecule has 0 bridgehead atoms. The molecule has 5 nitrogen and oxygen atoms in total. The third kappa shape index (κ3) is 2.41. The monoisotopic (exact) mass is 373 g/mol. The molecule has 0 atom stereocenters. The number of aromatic nitrogens is 5. The maximum Gasteiger partial charge on any atom is 0.145 e. The molecule has 0 amide bonds. The van der Waals surface area contributed by atoms with E-state index in [1.54, 1.807) is 12.4 Å². The predicted molar refractivity (Wildman–Crippen MR) is 114 cm³/mol. The zero-order valence-corrected chi connectivity index (χ0v) is 15.4. The molecule has 136 valence electrons. The smallest absolute Gasteiger partial charge is 0.145 e. The number of hydrogen-bond donors (Lipinski definition) is 0. The molecular weight excluding hydrogens is 358 g/mol. The number of pyridine rings is 4. The second kappa shape index (κ2) is 6.21. The molecule has 6 rings (SSSR count).